The van der Waals surface area contributed by atoms with E-state index in [-0.39, 0.29) is 12.5 Å². The summed E-state index contributed by atoms with van der Waals surface area (Å²) in [6.07, 6.45) is 1.86. The van der Waals surface area contributed by atoms with Crippen LogP contribution >= 0.6 is 0 Å². The van der Waals surface area contributed by atoms with Crippen LogP contribution in [0, 0.1) is 13.8 Å². The van der Waals surface area contributed by atoms with E-state index < -0.39 is 0 Å². The minimum absolute atomic E-state index is 0.234. The van der Waals surface area contributed by atoms with Crippen molar-refractivity contribution < 1.29 is 9.32 Å². The first-order valence-electron chi connectivity index (χ1n) is 9.51. The predicted octanol–water partition coefficient (Wildman–Crippen LogP) is 3.48. The Bertz CT molecular complexity index is 1380. The molecule has 8 heteroatoms. The Morgan fingerprint density at radius 3 is 2.77 bits per heavy atom. The van der Waals surface area contributed by atoms with Gasteiger partial charge in [-0.1, -0.05) is 41.1 Å². The second kappa shape index (κ2) is 7.07. The van der Waals surface area contributed by atoms with Crippen LogP contribution in [0.3, 0.4) is 0 Å². The minimum atomic E-state index is -0.255. The molecule has 0 unspecified atom stereocenters. The lowest BCUT2D eigenvalue weighted by molar-refractivity contribution is 0.0951. The quantitative estimate of drug-likeness (QED) is 0.498. The van der Waals surface area contributed by atoms with Crippen molar-refractivity contribution in [2.45, 2.75) is 20.4 Å². The van der Waals surface area contributed by atoms with Crippen molar-refractivity contribution in [2.24, 2.45) is 0 Å². The van der Waals surface area contributed by atoms with Gasteiger partial charge >= 0.3 is 0 Å². The number of nitrogens with zero attached hydrogens (tertiary/aromatic N) is 5. The average Bonchev–Trinajstić information content (AvgIpc) is 3.35. The van der Waals surface area contributed by atoms with Gasteiger partial charge in [0.2, 0.25) is 0 Å². The van der Waals surface area contributed by atoms with Crippen LogP contribution in [0.2, 0.25) is 0 Å². The second-order valence-corrected chi connectivity index (χ2v) is 7.10. The van der Waals surface area contributed by atoms with Crippen LogP contribution in [0.5, 0.6) is 0 Å². The molecule has 1 N–H and O–H groups in total. The molecule has 1 amide bonds. The van der Waals surface area contributed by atoms with Gasteiger partial charge in [0.05, 0.1) is 28.9 Å². The highest BCUT2D eigenvalue weighted by molar-refractivity contribution is 6.06. The summed E-state index contributed by atoms with van der Waals surface area (Å²) in [5.74, 6) is 0.389. The summed E-state index contributed by atoms with van der Waals surface area (Å²) in [5, 5.41) is 15.8. The number of rotatable bonds is 4. The summed E-state index contributed by atoms with van der Waals surface area (Å²) >= 11 is 0. The number of pyridine rings is 2. The topological polar surface area (TPSA) is 98.2 Å². The van der Waals surface area contributed by atoms with E-state index in [1.165, 1.54) is 0 Å². The monoisotopic (exact) mass is 398 g/mol. The van der Waals surface area contributed by atoms with Crippen LogP contribution < -0.4 is 5.32 Å². The zero-order chi connectivity index (χ0) is 20.7. The number of aromatic nitrogens is 5. The van der Waals surface area contributed by atoms with Gasteiger partial charge in [-0.15, -0.1) is 10.2 Å². The lowest BCUT2D eigenvalue weighted by Gasteiger charge is -2.08. The first-order chi connectivity index (χ1) is 14.6. The number of hydrogen-bond acceptors (Lipinski definition) is 6. The molecule has 0 atom stereocenters. The number of hydrogen-bond donors (Lipinski definition) is 1. The molecular formula is C22H18N6O2. The van der Waals surface area contributed by atoms with Gasteiger partial charge in [-0.2, -0.15) is 0 Å². The molecule has 5 aromatic rings. The molecule has 148 valence electrons. The average molecular weight is 398 g/mol. The van der Waals surface area contributed by atoms with Crippen LogP contribution in [0.4, 0.5) is 0 Å². The fourth-order valence-electron chi connectivity index (χ4n) is 3.41. The highest BCUT2D eigenvalue weighted by Crippen LogP contribution is 2.27. The summed E-state index contributed by atoms with van der Waals surface area (Å²) in [6.45, 7) is 4.05. The van der Waals surface area contributed by atoms with E-state index in [2.05, 4.69) is 25.7 Å². The largest absolute Gasteiger partial charge is 0.345 e. The maximum absolute atomic E-state index is 13.1. The Kier molecular flexibility index (Phi) is 4.24. The minimum Gasteiger partial charge on any atom is -0.345 e. The van der Waals surface area contributed by atoms with E-state index in [1.807, 2.05) is 60.0 Å². The molecular weight excluding hydrogens is 380 g/mol. The Hall–Kier alpha value is -4.07. The lowest BCUT2D eigenvalue weighted by Crippen LogP contribution is -2.24. The van der Waals surface area contributed by atoms with Crippen molar-refractivity contribution >= 4 is 22.7 Å². The Morgan fingerprint density at radius 1 is 1.10 bits per heavy atom. The van der Waals surface area contributed by atoms with Gasteiger partial charge in [-0.05, 0) is 32.0 Å². The maximum Gasteiger partial charge on any atom is 0.259 e. The number of amides is 1. The van der Waals surface area contributed by atoms with Crippen molar-refractivity contribution in [3.05, 3.63) is 77.4 Å². The molecule has 0 bridgehead atoms. The summed E-state index contributed by atoms with van der Waals surface area (Å²) in [6, 6.07) is 15.4. The van der Waals surface area contributed by atoms with Crippen molar-refractivity contribution in [3.8, 4) is 11.3 Å². The molecule has 0 spiro atoms. The van der Waals surface area contributed by atoms with Crippen LogP contribution in [0.1, 0.15) is 27.4 Å². The maximum atomic E-state index is 13.1. The van der Waals surface area contributed by atoms with Crippen LogP contribution in [0.15, 0.2) is 59.3 Å². The van der Waals surface area contributed by atoms with Crippen molar-refractivity contribution in [1.82, 2.24) is 30.1 Å². The van der Waals surface area contributed by atoms with E-state index in [0.29, 0.717) is 33.9 Å². The molecule has 1 aromatic carbocycles. The van der Waals surface area contributed by atoms with Crippen LogP contribution in [-0.2, 0) is 6.54 Å². The third-order valence-corrected chi connectivity index (χ3v) is 5.00. The Balaban J connectivity index is 1.51. The van der Waals surface area contributed by atoms with Crippen LogP contribution in [-0.4, -0.2) is 30.6 Å². The highest BCUT2D eigenvalue weighted by atomic mass is 16.5. The fraction of sp³-hybridized carbons (Fsp3) is 0.136. The molecule has 4 heterocycles. The molecule has 0 aliphatic carbocycles. The summed E-state index contributed by atoms with van der Waals surface area (Å²) in [4.78, 5) is 17.7. The summed E-state index contributed by atoms with van der Waals surface area (Å²) in [5.41, 5.74) is 4.84. The van der Waals surface area contributed by atoms with Crippen molar-refractivity contribution in [2.75, 3.05) is 0 Å². The zero-order valence-electron chi connectivity index (χ0n) is 16.5. The van der Waals surface area contributed by atoms with E-state index in [9.17, 15) is 4.79 Å². The molecule has 5 rings (SSSR count). The third-order valence-electron chi connectivity index (χ3n) is 5.00. The number of carbonyl (C=O) groups is 1. The Labute approximate surface area is 171 Å². The first kappa shape index (κ1) is 18.0. The van der Waals surface area contributed by atoms with Gasteiger partial charge in [0.25, 0.3) is 11.6 Å². The van der Waals surface area contributed by atoms with Gasteiger partial charge in [0.15, 0.2) is 11.5 Å². The van der Waals surface area contributed by atoms with E-state index in [4.69, 9.17) is 4.52 Å². The highest BCUT2D eigenvalue weighted by Gasteiger charge is 2.20. The standard InChI is InChI=1S/C22H18N6O2/c1-13-6-8-15(9-7-13)17-11-16(20-14(2)27-30-22(20)24-17)21(29)23-12-19-26-25-18-5-3-4-10-28(18)19/h3-11H,12H2,1-2H3,(H,23,29). The molecule has 8 nitrogen and oxygen atoms in total. The molecule has 0 aliphatic rings. The lowest BCUT2D eigenvalue weighted by atomic mass is 10.0. The normalized spacial score (nSPS) is 11.3. The fourth-order valence-corrected chi connectivity index (χ4v) is 3.41. The van der Waals surface area contributed by atoms with Gasteiger partial charge in [-0.25, -0.2) is 4.98 Å². The van der Waals surface area contributed by atoms with Gasteiger partial charge in [0.1, 0.15) is 0 Å². The third kappa shape index (κ3) is 3.08. The van der Waals surface area contributed by atoms with E-state index in [0.717, 1.165) is 16.8 Å². The van der Waals surface area contributed by atoms with Crippen molar-refractivity contribution in [1.29, 1.82) is 0 Å². The smallest absolute Gasteiger partial charge is 0.259 e. The van der Waals surface area contributed by atoms with Gasteiger partial charge < -0.3 is 9.84 Å². The second-order valence-electron chi connectivity index (χ2n) is 7.10. The van der Waals surface area contributed by atoms with E-state index >= 15 is 0 Å². The summed E-state index contributed by atoms with van der Waals surface area (Å²) in [7, 11) is 0. The zero-order valence-corrected chi connectivity index (χ0v) is 16.5. The number of benzene rings is 1. The van der Waals surface area contributed by atoms with E-state index in [1.54, 1.807) is 13.0 Å². The van der Waals surface area contributed by atoms with Gasteiger partial charge in [0, 0.05) is 11.8 Å². The molecule has 0 fully saturated rings. The molecule has 0 saturated heterocycles. The number of fused-ring (bicyclic) bond motifs is 2. The number of aryl methyl sites for hydroxylation is 2. The number of nitrogens with one attached hydrogen (secondary N) is 1. The molecule has 0 aliphatic heterocycles. The SMILES string of the molecule is Cc1ccc(-c2cc(C(=O)NCc3nnc4ccccn34)c3c(C)noc3n2)cc1. The van der Waals surface area contributed by atoms with Crippen LogP contribution in [0.25, 0.3) is 28.0 Å². The summed E-state index contributed by atoms with van der Waals surface area (Å²) < 4.78 is 7.20. The predicted molar refractivity (Wildman–Crippen MR) is 111 cm³/mol. The van der Waals surface area contributed by atoms with Gasteiger partial charge in [-0.3, -0.25) is 9.20 Å². The first-order valence-corrected chi connectivity index (χ1v) is 9.51. The molecule has 0 radical (unpaired) electrons. The molecule has 30 heavy (non-hydrogen) atoms. The molecule has 0 saturated carbocycles. The number of carbonyl (C=O) groups excluding carboxylic acids is 1. The molecule has 4 aromatic heterocycles. The van der Waals surface area contributed by atoms with Crippen molar-refractivity contribution in [3.63, 3.8) is 0 Å². The Morgan fingerprint density at radius 2 is 1.93 bits per heavy atom.